The molecule has 0 spiro atoms. The summed E-state index contributed by atoms with van der Waals surface area (Å²) in [4.78, 5) is 11.1. The Hall–Kier alpha value is -2.24. The average molecular weight is 290 g/mol. The van der Waals surface area contributed by atoms with Crippen molar-refractivity contribution in [3.8, 4) is 0 Å². The summed E-state index contributed by atoms with van der Waals surface area (Å²) in [6, 6.07) is 28.9. The molecule has 0 N–H and O–H groups in total. The molecule has 1 nitrogen and oxygen atoms in total. The van der Waals surface area contributed by atoms with Crippen LogP contribution < -0.4 is 15.9 Å². The van der Waals surface area contributed by atoms with Crippen molar-refractivity contribution >= 4 is 30.1 Å². The lowest BCUT2D eigenvalue weighted by molar-refractivity contribution is 0.112. The Morgan fingerprint density at radius 1 is 0.619 bits per heavy atom. The lowest BCUT2D eigenvalue weighted by atomic mass is 10.2. The van der Waals surface area contributed by atoms with E-state index in [1.165, 1.54) is 15.9 Å². The van der Waals surface area contributed by atoms with E-state index in [4.69, 9.17) is 0 Å². The van der Waals surface area contributed by atoms with Gasteiger partial charge in [0.1, 0.15) is 6.29 Å². The molecule has 0 aliphatic heterocycles. The highest BCUT2D eigenvalue weighted by Crippen LogP contribution is 2.32. The van der Waals surface area contributed by atoms with Crippen LogP contribution in [0.15, 0.2) is 84.9 Å². The number of benzene rings is 3. The van der Waals surface area contributed by atoms with E-state index in [1.54, 1.807) is 0 Å². The van der Waals surface area contributed by atoms with Crippen molar-refractivity contribution in [2.45, 2.75) is 0 Å². The molecule has 102 valence electrons. The van der Waals surface area contributed by atoms with Gasteiger partial charge in [0, 0.05) is 5.56 Å². The first-order valence-electron chi connectivity index (χ1n) is 6.84. The minimum atomic E-state index is -0.627. The highest BCUT2D eigenvalue weighted by Gasteiger charge is 2.16. The number of hydrogen-bond donors (Lipinski definition) is 0. The van der Waals surface area contributed by atoms with Crippen LogP contribution >= 0.6 is 7.92 Å². The van der Waals surface area contributed by atoms with Gasteiger partial charge in [-0.05, 0) is 29.9 Å². The third-order valence-electron chi connectivity index (χ3n) is 3.29. The molecule has 0 aliphatic rings. The Morgan fingerprint density at radius 3 is 1.67 bits per heavy atom. The topological polar surface area (TPSA) is 17.1 Å². The molecule has 2 heteroatoms. The van der Waals surface area contributed by atoms with E-state index in [0.717, 1.165) is 11.8 Å². The molecule has 0 heterocycles. The minimum absolute atomic E-state index is 0.627. The molecule has 0 aromatic heterocycles. The van der Waals surface area contributed by atoms with Crippen molar-refractivity contribution in [1.29, 1.82) is 0 Å². The maximum Gasteiger partial charge on any atom is 0.150 e. The van der Waals surface area contributed by atoms with Crippen LogP contribution in [-0.2, 0) is 0 Å². The molecule has 0 amide bonds. The molecule has 0 fully saturated rings. The smallest absolute Gasteiger partial charge is 0.150 e. The fraction of sp³-hybridized carbons (Fsp3) is 0. The maximum atomic E-state index is 11.1. The highest BCUT2D eigenvalue weighted by atomic mass is 31.1. The predicted octanol–water partition coefficient (Wildman–Crippen LogP) is 3.26. The largest absolute Gasteiger partial charge is 0.298 e. The van der Waals surface area contributed by atoms with Gasteiger partial charge < -0.3 is 0 Å². The fourth-order valence-corrected chi connectivity index (χ4v) is 4.69. The van der Waals surface area contributed by atoms with E-state index >= 15 is 0 Å². The summed E-state index contributed by atoms with van der Waals surface area (Å²) in [6.45, 7) is 0. The summed E-state index contributed by atoms with van der Waals surface area (Å²) >= 11 is 0. The molecular weight excluding hydrogens is 275 g/mol. The van der Waals surface area contributed by atoms with E-state index < -0.39 is 7.92 Å². The third kappa shape index (κ3) is 3.09. The summed E-state index contributed by atoms with van der Waals surface area (Å²) < 4.78 is 0. The summed E-state index contributed by atoms with van der Waals surface area (Å²) in [6.07, 6.45) is 0.910. The number of aldehydes is 1. The molecule has 3 aromatic rings. The van der Waals surface area contributed by atoms with Crippen LogP contribution in [0.4, 0.5) is 0 Å². The number of hydrogen-bond acceptors (Lipinski definition) is 1. The van der Waals surface area contributed by atoms with Gasteiger partial charge in [0.05, 0.1) is 0 Å². The monoisotopic (exact) mass is 290 g/mol. The van der Waals surface area contributed by atoms with Crippen LogP contribution in [0.1, 0.15) is 10.4 Å². The standard InChI is InChI=1S/C19H15OP/c20-15-16-8-7-13-19(14-16)21(17-9-3-1-4-10-17)18-11-5-2-6-12-18/h1-15H. The zero-order valence-corrected chi connectivity index (χ0v) is 12.4. The Balaban J connectivity index is 2.14. The van der Waals surface area contributed by atoms with Crippen molar-refractivity contribution in [1.82, 2.24) is 0 Å². The lowest BCUT2D eigenvalue weighted by Crippen LogP contribution is -2.20. The predicted molar refractivity (Wildman–Crippen MR) is 90.5 cm³/mol. The molecule has 21 heavy (non-hydrogen) atoms. The SMILES string of the molecule is O=Cc1cccc(P(c2ccccc2)c2ccccc2)c1. The number of rotatable bonds is 4. The molecule has 0 aliphatic carbocycles. The van der Waals surface area contributed by atoms with Crippen LogP contribution in [0.3, 0.4) is 0 Å². The summed E-state index contributed by atoms with van der Waals surface area (Å²) in [5, 5.41) is 3.79. The van der Waals surface area contributed by atoms with Crippen LogP contribution in [-0.4, -0.2) is 6.29 Å². The molecule has 0 saturated carbocycles. The second-order valence-electron chi connectivity index (χ2n) is 4.72. The van der Waals surface area contributed by atoms with E-state index in [2.05, 4.69) is 54.6 Å². The van der Waals surface area contributed by atoms with Gasteiger partial charge in [0.2, 0.25) is 0 Å². The van der Waals surface area contributed by atoms with Gasteiger partial charge in [0.15, 0.2) is 0 Å². The number of carbonyl (C=O) groups excluding carboxylic acids is 1. The summed E-state index contributed by atoms with van der Waals surface area (Å²) in [7, 11) is -0.627. The van der Waals surface area contributed by atoms with Crippen molar-refractivity contribution < 1.29 is 4.79 Å². The van der Waals surface area contributed by atoms with Gasteiger partial charge in [-0.1, -0.05) is 78.9 Å². The van der Waals surface area contributed by atoms with Crippen LogP contribution in [0.25, 0.3) is 0 Å². The normalized spacial score (nSPS) is 10.5. The zero-order chi connectivity index (χ0) is 14.5. The maximum absolute atomic E-state index is 11.1. The van der Waals surface area contributed by atoms with E-state index in [1.807, 2.05) is 30.3 Å². The van der Waals surface area contributed by atoms with Crippen LogP contribution in [0, 0.1) is 0 Å². The Bertz CT molecular complexity index is 683. The van der Waals surface area contributed by atoms with Gasteiger partial charge in [-0.3, -0.25) is 4.79 Å². The summed E-state index contributed by atoms with van der Waals surface area (Å²) in [5.74, 6) is 0. The molecule has 0 atom stereocenters. The van der Waals surface area contributed by atoms with Crippen molar-refractivity contribution in [3.63, 3.8) is 0 Å². The molecule has 0 bridgehead atoms. The first kappa shape index (κ1) is 13.7. The molecule has 3 aromatic carbocycles. The second-order valence-corrected chi connectivity index (χ2v) is 6.94. The first-order chi connectivity index (χ1) is 10.4. The van der Waals surface area contributed by atoms with Gasteiger partial charge in [-0.2, -0.15) is 0 Å². The molecule has 0 radical (unpaired) electrons. The first-order valence-corrected chi connectivity index (χ1v) is 8.18. The highest BCUT2D eigenvalue weighted by molar-refractivity contribution is 7.79. The molecule has 0 unspecified atom stereocenters. The van der Waals surface area contributed by atoms with Crippen LogP contribution in [0.2, 0.25) is 0 Å². The van der Waals surface area contributed by atoms with Gasteiger partial charge >= 0.3 is 0 Å². The average Bonchev–Trinajstić information content (AvgIpc) is 2.57. The Kier molecular flexibility index (Phi) is 4.23. The quantitative estimate of drug-likeness (QED) is 0.532. The molecular formula is C19H15OP. The van der Waals surface area contributed by atoms with Crippen LogP contribution in [0.5, 0.6) is 0 Å². The lowest BCUT2D eigenvalue weighted by Gasteiger charge is -2.19. The Labute approximate surface area is 126 Å². The molecule has 0 saturated heterocycles. The molecule has 3 rings (SSSR count). The second kappa shape index (κ2) is 6.47. The fourth-order valence-electron chi connectivity index (χ4n) is 2.34. The van der Waals surface area contributed by atoms with Crippen molar-refractivity contribution in [2.75, 3.05) is 0 Å². The minimum Gasteiger partial charge on any atom is -0.298 e. The van der Waals surface area contributed by atoms with Gasteiger partial charge in [0.25, 0.3) is 0 Å². The summed E-state index contributed by atoms with van der Waals surface area (Å²) in [5.41, 5.74) is 0.729. The van der Waals surface area contributed by atoms with E-state index in [0.29, 0.717) is 0 Å². The zero-order valence-electron chi connectivity index (χ0n) is 11.5. The van der Waals surface area contributed by atoms with Crippen molar-refractivity contribution in [2.24, 2.45) is 0 Å². The van der Waals surface area contributed by atoms with E-state index in [-0.39, 0.29) is 0 Å². The Morgan fingerprint density at radius 2 is 1.14 bits per heavy atom. The third-order valence-corrected chi connectivity index (χ3v) is 5.72. The van der Waals surface area contributed by atoms with Gasteiger partial charge in [-0.15, -0.1) is 0 Å². The number of carbonyl (C=O) groups is 1. The van der Waals surface area contributed by atoms with Gasteiger partial charge in [-0.25, -0.2) is 0 Å². The van der Waals surface area contributed by atoms with Crippen molar-refractivity contribution in [3.05, 3.63) is 90.5 Å². The van der Waals surface area contributed by atoms with E-state index in [9.17, 15) is 4.79 Å².